The molecule has 0 amide bonds. The quantitative estimate of drug-likeness (QED) is 0.269. The van der Waals surface area contributed by atoms with Gasteiger partial charge in [-0.3, -0.25) is 5.43 Å². The van der Waals surface area contributed by atoms with E-state index >= 15 is 0 Å². The van der Waals surface area contributed by atoms with Crippen molar-refractivity contribution in [2.24, 2.45) is 5.10 Å². The van der Waals surface area contributed by atoms with Crippen LogP contribution >= 0.6 is 22.9 Å². The van der Waals surface area contributed by atoms with Crippen molar-refractivity contribution in [2.45, 2.75) is 0 Å². The molecule has 1 N–H and O–H groups in total. The van der Waals surface area contributed by atoms with E-state index in [2.05, 4.69) is 15.5 Å². The van der Waals surface area contributed by atoms with Crippen LogP contribution < -0.4 is 5.43 Å². The number of thiazole rings is 1. The van der Waals surface area contributed by atoms with Gasteiger partial charge in [0.25, 0.3) is 0 Å². The van der Waals surface area contributed by atoms with Crippen molar-refractivity contribution >= 4 is 50.5 Å². The highest BCUT2D eigenvalue weighted by molar-refractivity contribution is 7.22. The third-order valence-corrected chi connectivity index (χ3v) is 5.20. The van der Waals surface area contributed by atoms with Crippen LogP contribution in [0.25, 0.3) is 21.5 Å². The summed E-state index contributed by atoms with van der Waals surface area (Å²) in [7, 11) is 1.31. The fourth-order valence-corrected chi connectivity index (χ4v) is 3.60. The number of rotatable bonds is 5. The van der Waals surface area contributed by atoms with Crippen LogP contribution in [0.15, 0.2) is 64.1 Å². The third-order valence-electron chi connectivity index (χ3n) is 3.93. The predicted octanol–water partition coefficient (Wildman–Crippen LogP) is 5.44. The van der Waals surface area contributed by atoms with Crippen molar-refractivity contribution in [3.8, 4) is 11.3 Å². The monoisotopic (exact) mass is 411 g/mol. The molecule has 6 nitrogen and oxygen atoms in total. The summed E-state index contributed by atoms with van der Waals surface area (Å²) in [5, 5.41) is 5.19. The van der Waals surface area contributed by atoms with Gasteiger partial charge in [-0.25, -0.2) is 9.78 Å². The molecule has 2 heterocycles. The van der Waals surface area contributed by atoms with Gasteiger partial charge in [0.1, 0.15) is 11.5 Å². The lowest BCUT2D eigenvalue weighted by atomic mass is 10.1. The van der Waals surface area contributed by atoms with Crippen molar-refractivity contribution in [2.75, 3.05) is 12.5 Å². The number of nitrogens with one attached hydrogen (secondary N) is 1. The summed E-state index contributed by atoms with van der Waals surface area (Å²) in [6, 6.07) is 16.5. The number of methoxy groups -OCH3 is 1. The van der Waals surface area contributed by atoms with E-state index in [-0.39, 0.29) is 5.56 Å². The molecule has 8 heteroatoms. The van der Waals surface area contributed by atoms with Crippen LogP contribution in [0, 0.1) is 0 Å². The Morgan fingerprint density at radius 3 is 2.93 bits per heavy atom. The van der Waals surface area contributed by atoms with Crippen LogP contribution in [-0.4, -0.2) is 24.3 Å². The SMILES string of the molecule is COC(=O)c1cc(-c2ccc(/C=N\Nc3nc4ccccc4s3)o2)ccc1Cl. The average Bonchev–Trinajstić information content (AvgIpc) is 3.34. The molecule has 28 heavy (non-hydrogen) atoms. The first-order valence-electron chi connectivity index (χ1n) is 8.27. The number of nitrogens with zero attached hydrogens (tertiary/aromatic N) is 2. The van der Waals surface area contributed by atoms with Crippen molar-refractivity contribution in [3.05, 3.63) is 70.9 Å². The Labute approximate surface area is 169 Å². The Morgan fingerprint density at radius 2 is 2.11 bits per heavy atom. The highest BCUT2D eigenvalue weighted by Gasteiger charge is 2.13. The molecular formula is C20H14ClN3O3S. The zero-order valence-electron chi connectivity index (χ0n) is 14.7. The summed E-state index contributed by atoms with van der Waals surface area (Å²) < 4.78 is 11.6. The molecule has 140 valence electrons. The molecule has 0 saturated heterocycles. The van der Waals surface area contributed by atoms with E-state index in [9.17, 15) is 4.79 Å². The van der Waals surface area contributed by atoms with Crippen LogP contribution in [-0.2, 0) is 4.74 Å². The number of hydrogen-bond acceptors (Lipinski definition) is 7. The first-order valence-corrected chi connectivity index (χ1v) is 9.46. The van der Waals surface area contributed by atoms with E-state index in [1.165, 1.54) is 18.4 Å². The minimum absolute atomic E-state index is 0.283. The maximum Gasteiger partial charge on any atom is 0.339 e. The highest BCUT2D eigenvalue weighted by atomic mass is 35.5. The van der Waals surface area contributed by atoms with Crippen LogP contribution in [0.3, 0.4) is 0 Å². The van der Waals surface area contributed by atoms with Crippen LogP contribution in [0.4, 0.5) is 5.13 Å². The lowest BCUT2D eigenvalue weighted by Gasteiger charge is -2.04. The second kappa shape index (κ2) is 7.84. The fourth-order valence-electron chi connectivity index (χ4n) is 2.59. The average molecular weight is 412 g/mol. The van der Waals surface area contributed by atoms with E-state index in [0.717, 1.165) is 10.2 Å². The van der Waals surface area contributed by atoms with E-state index in [1.54, 1.807) is 36.5 Å². The Kier molecular flexibility index (Phi) is 5.10. The van der Waals surface area contributed by atoms with Crippen molar-refractivity contribution in [3.63, 3.8) is 0 Å². The number of para-hydroxylation sites is 1. The van der Waals surface area contributed by atoms with Crippen molar-refractivity contribution in [1.82, 2.24) is 4.98 Å². The van der Waals surface area contributed by atoms with Gasteiger partial charge in [-0.1, -0.05) is 35.1 Å². The number of anilines is 1. The summed E-state index contributed by atoms with van der Waals surface area (Å²) >= 11 is 7.57. The van der Waals surface area contributed by atoms with Gasteiger partial charge in [0.15, 0.2) is 0 Å². The molecule has 0 fully saturated rings. The number of carbonyl (C=O) groups is 1. The molecule has 0 spiro atoms. The number of benzene rings is 2. The number of halogens is 1. The Bertz CT molecular complexity index is 1150. The molecule has 0 unspecified atom stereocenters. The lowest BCUT2D eigenvalue weighted by Crippen LogP contribution is -2.02. The lowest BCUT2D eigenvalue weighted by molar-refractivity contribution is 0.0601. The second-order valence-electron chi connectivity index (χ2n) is 5.74. The topological polar surface area (TPSA) is 76.7 Å². The first kappa shape index (κ1) is 18.2. The summed E-state index contributed by atoms with van der Waals surface area (Å²) in [4.78, 5) is 16.2. The maximum atomic E-state index is 11.8. The van der Waals surface area contributed by atoms with Gasteiger partial charge in [0.2, 0.25) is 5.13 Å². The molecule has 0 bridgehead atoms. The Hall–Kier alpha value is -3.16. The molecule has 0 saturated carbocycles. The normalized spacial score (nSPS) is 11.2. The smallest absolute Gasteiger partial charge is 0.339 e. The standard InChI is InChI=1S/C20H14ClN3O3S/c1-26-19(25)14-10-12(6-8-15(14)21)17-9-7-13(27-17)11-22-24-20-23-16-4-2-3-5-18(16)28-20/h2-11H,1H3,(H,23,24)/b22-11-. The van der Waals surface area contributed by atoms with Gasteiger partial charge >= 0.3 is 5.97 Å². The number of carbonyl (C=O) groups excluding carboxylic acids is 1. The minimum Gasteiger partial charge on any atom is -0.465 e. The van der Waals surface area contributed by atoms with E-state index in [4.69, 9.17) is 20.8 Å². The molecule has 4 aromatic rings. The number of fused-ring (bicyclic) bond motifs is 1. The Morgan fingerprint density at radius 1 is 1.25 bits per heavy atom. The number of ether oxygens (including phenoxy) is 1. The minimum atomic E-state index is -0.500. The van der Waals surface area contributed by atoms with E-state index in [1.807, 2.05) is 24.3 Å². The molecule has 4 rings (SSSR count). The molecular weight excluding hydrogens is 398 g/mol. The molecule has 2 aromatic heterocycles. The van der Waals surface area contributed by atoms with Crippen LogP contribution in [0.2, 0.25) is 5.02 Å². The molecule has 0 aliphatic rings. The third kappa shape index (κ3) is 3.76. The molecule has 0 radical (unpaired) electrons. The van der Waals surface area contributed by atoms with E-state index in [0.29, 0.717) is 27.2 Å². The molecule has 0 aliphatic carbocycles. The second-order valence-corrected chi connectivity index (χ2v) is 7.18. The fraction of sp³-hybridized carbons (Fsp3) is 0.0500. The number of aromatic nitrogens is 1. The number of hydrazone groups is 1. The summed E-state index contributed by atoms with van der Waals surface area (Å²) in [6.45, 7) is 0. The zero-order chi connectivity index (χ0) is 19.5. The zero-order valence-corrected chi connectivity index (χ0v) is 16.3. The molecule has 2 aromatic carbocycles. The number of furan rings is 1. The Balaban J connectivity index is 1.50. The van der Waals surface area contributed by atoms with Crippen LogP contribution in [0.1, 0.15) is 16.1 Å². The van der Waals surface area contributed by atoms with Crippen molar-refractivity contribution in [1.29, 1.82) is 0 Å². The first-order chi connectivity index (χ1) is 13.6. The van der Waals surface area contributed by atoms with Crippen molar-refractivity contribution < 1.29 is 13.9 Å². The largest absolute Gasteiger partial charge is 0.465 e. The van der Waals surface area contributed by atoms with Gasteiger partial charge in [-0.05, 0) is 42.5 Å². The number of esters is 1. The summed E-state index contributed by atoms with van der Waals surface area (Å²) in [5.41, 5.74) is 4.83. The van der Waals surface area contributed by atoms with Gasteiger partial charge < -0.3 is 9.15 Å². The summed E-state index contributed by atoms with van der Waals surface area (Å²) in [6.07, 6.45) is 1.56. The predicted molar refractivity (Wildman–Crippen MR) is 111 cm³/mol. The maximum absolute atomic E-state index is 11.8. The summed E-state index contributed by atoms with van der Waals surface area (Å²) in [5.74, 6) is 0.640. The van der Waals surface area contributed by atoms with Crippen LogP contribution in [0.5, 0.6) is 0 Å². The van der Waals surface area contributed by atoms with Gasteiger partial charge in [0.05, 0.1) is 34.1 Å². The highest BCUT2D eigenvalue weighted by Crippen LogP contribution is 2.27. The van der Waals surface area contributed by atoms with Gasteiger partial charge in [0, 0.05) is 5.56 Å². The van der Waals surface area contributed by atoms with Gasteiger partial charge in [-0.15, -0.1) is 0 Å². The molecule has 0 aliphatic heterocycles. The molecule has 0 atom stereocenters. The van der Waals surface area contributed by atoms with E-state index < -0.39 is 5.97 Å². The number of hydrogen-bond donors (Lipinski definition) is 1. The van der Waals surface area contributed by atoms with Gasteiger partial charge in [-0.2, -0.15) is 5.10 Å².